The number of fused-ring (bicyclic) bond motifs is 1. The first-order valence-corrected chi connectivity index (χ1v) is 11.5. The highest BCUT2D eigenvalue weighted by molar-refractivity contribution is 6.01. The van der Waals surface area contributed by atoms with Crippen LogP contribution in [0.4, 0.5) is 15.9 Å². The van der Waals surface area contributed by atoms with E-state index in [2.05, 4.69) is 23.1 Å². The van der Waals surface area contributed by atoms with Crippen LogP contribution >= 0.6 is 0 Å². The number of nitrogen functional groups attached to an aromatic ring is 1. The topological polar surface area (TPSA) is 99.2 Å². The molecule has 1 fully saturated rings. The van der Waals surface area contributed by atoms with E-state index >= 15 is 0 Å². The zero-order valence-corrected chi connectivity index (χ0v) is 19.6. The van der Waals surface area contributed by atoms with Gasteiger partial charge in [0.25, 0.3) is 0 Å². The van der Waals surface area contributed by atoms with E-state index in [0.29, 0.717) is 34.6 Å². The summed E-state index contributed by atoms with van der Waals surface area (Å²) in [6.07, 6.45) is 5.81. The van der Waals surface area contributed by atoms with Gasteiger partial charge in [0.2, 0.25) is 5.91 Å². The lowest BCUT2D eigenvalue weighted by Gasteiger charge is -2.27. The van der Waals surface area contributed by atoms with E-state index in [4.69, 9.17) is 15.6 Å². The smallest absolute Gasteiger partial charge is 0.250 e. The minimum absolute atomic E-state index is 0.215. The van der Waals surface area contributed by atoms with Gasteiger partial charge in [0.15, 0.2) is 5.65 Å². The molecule has 2 aromatic heterocycles. The van der Waals surface area contributed by atoms with Crippen molar-refractivity contribution < 1.29 is 13.9 Å². The van der Waals surface area contributed by atoms with Gasteiger partial charge in [-0.25, -0.2) is 19.0 Å². The first-order valence-electron chi connectivity index (χ1n) is 11.5. The maximum absolute atomic E-state index is 14.5. The van der Waals surface area contributed by atoms with Crippen LogP contribution in [0.1, 0.15) is 12.8 Å². The number of hydrogen-bond donors (Lipinski definition) is 1. The monoisotopic (exact) mass is 484 g/mol. The number of benzene rings is 2. The summed E-state index contributed by atoms with van der Waals surface area (Å²) in [6, 6.07) is 13.8. The standard InChI is InChI=1S/C27H25FN6O2/c1-3-12-36-21-14-18(13-19(28)15-21)24-23-25(29)30-17-31-26(23)34(32-24)27(10-11-27)16-33(22(35)4-2)20-8-6-5-7-9-20/h3-9,13-15,17H,1-2,10-12,16H2,(H2,29,30,31). The molecule has 0 radical (unpaired) electrons. The fourth-order valence-corrected chi connectivity index (χ4v) is 4.34. The SMILES string of the molecule is C=CCOc1cc(F)cc(-c2nn(C3(CN(C(=O)C=C)c4ccccc4)CC3)c3ncnc(N)c23)c1. The van der Waals surface area contributed by atoms with Crippen LogP contribution in [0.3, 0.4) is 0 Å². The maximum Gasteiger partial charge on any atom is 0.250 e. The average molecular weight is 485 g/mol. The predicted molar refractivity (Wildman–Crippen MR) is 137 cm³/mol. The number of ether oxygens (including phenoxy) is 1. The molecule has 0 atom stereocenters. The molecule has 0 unspecified atom stereocenters. The summed E-state index contributed by atoms with van der Waals surface area (Å²) in [5.74, 6) is -0.113. The van der Waals surface area contributed by atoms with Crippen molar-refractivity contribution in [1.29, 1.82) is 0 Å². The van der Waals surface area contributed by atoms with Crippen molar-refractivity contribution in [2.75, 3.05) is 23.8 Å². The second-order valence-electron chi connectivity index (χ2n) is 8.68. The molecule has 4 aromatic rings. The summed E-state index contributed by atoms with van der Waals surface area (Å²) in [7, 11) is 0. The number of halogens is 1. The third-order valence-corrected chi connectivity index (χ3v) is 6.24. The molecule has 1 aliphatic rings. The van der Waals surface area contributed by atoms with Gasteiger partial charge >= 0.3 is 0 Å². The Balaban J connectivity index is 1.62. The van der Waals surface area contributed by atoms with Gasteiger partial charge in [-0.15, -0.1) is 0 Å². The summed E-state index contributed by atoms with van der Waals surface area (Å²) in [5, 5.41) is 5.40. The average Bonchev–Trinajstić information content (AvgIpc) is 3.56. The van der Waals surface area contributed by atoms with Crippen LogP contribution in [-0.2, 0) is 10.3 Å². The van der Waals surface area contributed by atoms with Crippen molar-refractivity contribution in [2.45, 2.75) is 18.4 Å². The Kier molecular flexibility index (Phi) is 5.97. The summed E-state index contributed by atoms with van der Waals surface area (Å²) in [5.41, 5.74) is 7.96. The van der Waals surface area contributed by atoms with Crippen molar-refractivity contribution in [3.63, 3.8) is 0 Å². The lowest BCUT2D eigenvalue weighted by Crippen LogP contribution is -2.39. The zero-order valence-electron chi connectivity index (χ0n) is 19.6. The minimum Gasteiger partial charge on any atom is -0.489 e. The number of nitrogens with zero attached hydrogens (tertiary/aromatic N) is 5. The molecule has 0 saturated heterocycles. The Bertz CT molecular complexity index is 1460. The highest BCUT2D eigenvalue weighted by Crippen LogP contribution is 2.47. The fourth-order valence-electron chi connectivity index (χ4n) is 4.34. The van der Waals surface area contributed by atoms with Crippen molar-refractivity contribution in [3.05, 3.63) is 86.0 Å². The molecule has 36 heavy (non-hydrogen) atoms. The van der Waals surface area contributed by atoms with E-state index in [0.717, 1.165) is 18.5 Å². The largest absolute Gasteiger partial charge is 0.489 e. The Morgan fingerprint density at radius 2 is 1.97 bits per heavy atom. The Morgan fingerprint density at radius 1 is 1.19 bits per heavy atom. The van der Waals surface area contributed by atoms with E-state index in [-0.39, 0.29) is 18.3 Å². The number of hydrogen-bond acceptors (Lipinski definition) is 6. The van der Waals surface area contributed by atoms with Gasteiger partial charge < -0.3 is 15.4 Å². The molecule has 2 N–H and O–H groups in total. The Morgan fingerprint density at radius 3 is 2.67 bits per heavy atom. The molecule has 5 rings (SSSR count). The Hall–Kier alpha value is -4.53. The third kappa shape index (κ3) is 4.19. The highest BCUT2D eigenvalue weighted by Gasteiger charge is 2.49. The van der Waals surface area contributed by atoms with Crippen molar-refractivity contribution in [2.24, 2.45) is 0 Å². The molecule has 0 aliphatic heterocycles. The van der Waals surface area contributed by atoms with Gasteiger partial charge in [-0.05, 0) is 43.2 Å². The number of carbonyl (C=O) groups excluding carboxylic acids is 1. The van der Waals surface area contributed by atoms with E-state index < -0.39 is 11.4 Å². The number of nitrogens with two attached hydrogens (primary N) is 1. The molecule has 2 heterocycles. The summed E-state index contributed by atoms with van der Waals surface area (Å²) < 4.78 is 21.9. The van der Waals surface area contributed by atoms with Crippen LogP contribution in [0.5, 0.6) is 5.75 Å². The van der Waals surface area contributed by atoms with Crippen LogP contribution in [0, 0.1) is 5.82 Å². The normalized spacial score (nSPS) is 13.8. The molecule has 0 bridgehead atoms. The lowest BCUT2D eigenvalue weighted by atomic mass is 10.1. The zero-order chi connectivity index (χ0) is 25.3. The number of aromatic nitrogens is 4. The summed E-state index contributed by atoms with van der Waals surface area (Å²) >= 11 is 0. The molecular weight excluding hydrogens is 459 g/mol. The maximum atomic E-state index is 14.5. The highest BCUT2D eigenvalue weighted by atomic mass is 19.1. The number of rotatable bonds is 9. The van der Waals surface area contributed by atoms with Crippen LogP contribution in [0.2, 0.25) is 0 Å². The van der Waals surface area contributed by atoms with Gasteiger partial charge in [0.1, 0.15) is 36.0 Å². The predicted octanol–water partition coefficient (Wildman–Crippen LogP) is 4.49. The number of para-hydroxylation sites is 1. The number of amides is 1. The molecular formula is C27H25FN6O2. The molecule has 9 heteroatoms. The van der Waals surface area contributed by atoms with E-state index in [1.54, 1.807) is 21.7 Å². The van der Waals surface area contributed by atoms with E-state index in [9.17, 15) is 9.18 Å². The van der Waals surface area contributed by atoms with Crippen LogP contribution in [0.15, 0.2) is 80.2 Å². The van der Waals surface area contributed by atoms with Gasteiger partial charge in [-0.2, -0.15) is 5.10 Å². The van der Waals surface area contributed by atoms with Gasteiger partial charge in [0, 0.05) is 17.3 Å². The van der Waals surface area contributed by atoms with Gasteiger partial charge in [0.05, 0.1) is 17.5 Å². The van der Waals surface area contributed by atoms with Crippen LogP contribution in [-0.4, -0.2) is 38.8 Å². The summed E-state index contributed by atoms with van der Waals surface area (Å²) in [4.78, 5) is 23.1. The molecule has 8 nitrogen and oxygen atoms in total. The van der Waals surface area contributed by atoms with E-state index in [1.807, 2.05) is 30.3 Å². The Labute approximate surface area is 207 Å². The quantitative estimate of drug-likeness (QED) is 0.278. The molecule has 2 aromatic carbocycles. The van der Waals surface area contributed by atoms with Crippen molar-refractivity contribution >= 4 is 28.4 Å². The van der Waals surface area contributed by atoms with Gasteiger partial charge in [-0.1, -0.05) is 37.4 Å². The van der Waals surface area contributed by atoms with Crippen molar-refractivity contribution in [3.8, 4) is 17.0 Å². The third-order valence-electron chi connectivity index (χ3n) is 6.24. The van der Waals surface area contributed by atoms with Crippen LogP contribution < -0.4 is 15.4 Å². The molecule has 1 amide bonds. The molecule has 182 valence electrons. The first kappa shape index (κ1) is 23.2. The minimum atomic E-state index is -0.513. The van der Waals surface area contributed by atoms with Crippen LogP contribution in [0.25, 0.3) is 22.3 Å². The summed E-state index contributed by atoms with van der Waals surface area (Å²) in [6.45, 7) is 7.90. The van der Waals surface area contributed by atoms with Crippen molar-refractivity contribution in [1.82, 2.24) is 19.7 Å². The molecule has 1 aliphatic carbocycles. The number of anilines is 2. The molecule has 0 spiro atoms. The number of carbonyl (C=O) groups is 1. The van der Waals surface area contributed by atoms with E-state index in [1.165, 1.54) is 24.5 Å². The fraction of sp³-hybridized carbons (Fsp3) is 0.185. The van der Waals surface area contributed by atoms with Gasteiger partial charge in [-0.3, -0.25) is 4.79 Å². The first-order chi connectivity index (χ1) is 17.5. The lowest BCUT2D eigenvalue weighted by molar-refractivity contribution is -0.114. The second kappa shape index (κ2) is 9.26. The second-order valence-corrected chi connectivity index (χ2v) is 8.68. The molecule has 1 saturated carbocycles.